The standard InChI is InChI=1S/C33H29N7O2/c1-22-37-38-32-28-19-27(24-5-3-2-4-6-24)31(36-29(28)13-14-40(22)32)25-9-7-23(8-10-25)20-35-33(41)26-11-12-30(34-21-26)39-15-17-42-18-16-39/h2-14,19,21H,15-18,20H2,1H3,(H,35,41). The topological polar surface area (TPSA) is 97.5 Å². The van der Waals surface area contributed by atoms with Crippen molar-refractivity contribution in [3.63, 3.8) is 0 Å². The molecule has 1 aliphatic rings. The highest BCUT2D eigenvalue weighted by Crippen LogP contribution is 2.34. The summed E-state index contributed by atoms with van der Waals surface area (Å²) in [4.78, 5) is 24.6. The molecule has 1 saturated heterocycles. The van der Waals surface area contributed by atoms with Gasteiger partial charge in [0.1, 0.15) is 11.6 Å². The number of aryl methyl sites for hydroxylation is 1. The number of carbonyl (C=O) groups is 1. The Labute approximate surface area is 242 Å². The van der Waals surface area contributed by atoms with Gasteiger partial charge in [0.25, 0.3) is 5.91 Å². The average Bonchev–Trinajstić information content (AvgIpc) is 3.45. The van der Waals surface area contributed by atoms with Crippen LogP contribution in [0.5, 0.6) is 0 Å². The number of hydrogen-bond acceptors (Lipinski definition) is 7. The second-order valence-corrected chi connectivity index (χ2v) is 10.3. The Bertz CT molecular complexity index is 1880. The summed E-state index contributed by atoms with van der Waals surface area (Å²) in [7, 11) is 0. The molecular weight excluding hydrogens is 526 g/mol. The van der Waals surface area contributed by atoms with Gasteiger partial charge < -0.3 is 15.0 Å². The zero-order chi connectivity index (χ0) is 28.5. The minimum atomic E-state index is -0.155. The van der Waals surface area contributed by atoms with Crippen LogP contribution >= 0.6 is 0 Å². The van der Waals surface area contributed by atoms with Gasteiger partial charge in [-0.1, -0.05) is 54.6 Å². The molecule has 42 heavy (non-hydrogen) atoms. The van der Waals surface area contributed by atoms with Gasteiger partial charge in [0, 0.05) is 48.5 Å². The maximum atomic E-state index is 12.8. The number of fused-ring (bicyclic) bond motifs is 3. The number of nitrogens with zero attached hydrogens (tertiary/aromatic N) is 6. The molecule has 9 nitrogen and oxygen atoms in total. The highest BCUT2D eigenvalue weighted by atomic mass is 16.5. The lowest BCUT2D eigenvalue weighted by Gasteiger charge is -2.27. The van der Waals surface area contributed by atoms with Crippen LogP contribution in [0, 0.1) is 6.92 Å². The lowest BCUT2D eigenvalue weighted by atomic mass is 9.97. The summed E-state index contributed by atoms with van der Waals surface area (Å²) >= 11 is 0. The van der Waals surface area contributed by atoms with Gasteiger partial charge in [0.15, 0.2) is 5.65 Å². The number of benzene rings is 2. The van der Waals surface area contributed by atoms with E-state index in [2.05, 4.69) is 55.7 Å². The zero-order valence-corrected chi connectivity index (χ0v) is 23.2. The molecule has 0 radical (unpaired) electrons. The van der Waals surface area contributed by atoms with Crippen LogP contribution in [-0.2, 0) is 11.3 Å². The molecule has 1 aliphatic heterocycles. The molecule has 1 amide bonds. The van der Waals surface area contributed by atoms with Gasteiger partial charge in [0.05, 0.1) is 30.0 Å². The summed E-state index contributed by atoms with van der Waals surface area (Å²) in [6.07, 6.45) is 3.60. The highest BCUT2D eigenvalue weighted by Gasteiger charge is 2.16. The van der Waals surface area contributed by atoms with Crippen molar-refractivity contribution in [1.29, 1.82) is 0 Å². The second-order valence-electron chi connectivity index (χ2n) is 10.3. The molecule has 0 saturated carbocycles. The van der Waals surface area contributed by atoms with E-state index in [1.807, 2.05) is 66.1 Å². The van der Waals surface area contributed by atoms with E-state index < -0.39 is 0 Å². The molecule has 5 heterocycles. The molecule has 4 aromatic heterocycles. The Morgan fingerprint density at radius 3 is 2.50 bits per heavy atom. The fourth-order valence-corrected chi connectivity index (χ4v) is 5.33. The molecule has 6 aromatic rings. The van der Waals surface area contributed by atoms with E-state index in [1.165, 1.54) is 0 Å². The fraction of sp³-hybridized carbons (Fsp3) is 0.182. The lowest BCUT2D eigenvalue weighted by Crippen LogP contribution is -2.36. The van der Waals surface area contributed by atoms with E-state index in [0.29, 0.717) is 25.3 Å². The van der Waals surface area contributed by atoms with E-state index in [9.17, 15) is 4.79 Å². The third kappa shape index (κ3) is 4.95. The lowest BCUT2D eigenvalue weighted by molar-refractivity contribution is 0.0950. The average molecular weight is 556 g/mol. The highest BCUT2D eigenvalue weighted by molar-refractivity contribution is 5.98. The molecule has 1 fully saturated rings. The summed E-state index contributed by atoms with van der Waals surface area (Å²) in [6.45, 7) is 5.35. The Morgan fingerprint density at radius 1 is 0.929 bits per heavy atom. The molecule has 0 unspecified atom stereocenters. The van der Waals surface area contributed by atoms with Crippen LogP contribution < -0.4 is 10.2 Å². The quantitative estimate of drug-likeness (QED) is 0.306. The Hall–Kier alpha value is -5.15. The Balaban J connectivity index is 1.12. The van der Waals surface area contributed by atoms with Crippen molar-refractivity contribution in [3.8, 4) is 22.4 Å². The van der Waals surface area contributed by atoms with Crippen molar-refractivity contribution in [2.24, 2.45) is 0 Å². The molecule has 2 aromatic carbocycles. The number of aromatic nitrogens is 5. The van der Waals surface area contributed by atoms with Gasteiger partial charge in [0.2, 0.25) is 0 Å². The predicted molar refractivity (Wildman–Crippen MR) is 162 cm³/mol. The number of rotatable bonds is 6. The molecule has 208 valence electrons. The first-order valence-electron chi connectivity index (χ1n) is 14.0. The maximum Gasteiger partial charge on any atom is 0.253 e. The molecule has 9 heteroatoms. The zero-order valence-electron chi connectivity index (χ0n) is 23.2. The van der Waals surface area contributed by atoms with Gasteiger partial charge in [-0.3, -0.25) is 9.20 Å². The van der Waals surface area contributed by atoms with Crippen molar-refractivity contribution in [1.82, 2.24) is 29.9 Å². The van der Waals surface area contributed by atoms with Gasteiger partial charge in [-0.25, -0.2) is 9.97 Å². The van der Waals surface area contributed by atoms with Gasteiger partial charge in [-0.2, -0.15) is 0 Å². The first-order valence-corrected chi connectivity index (χ1v) is 14.0. The first-order chi connectivity index (χ1) is 20.6. The predicted octanol–water partition coefficient (Wildman–Crippen LogP) is 5.08. The SMILES string of the molecule is Cc1nnc2c3cc(-c4ccccc4)c(-c4ccc(CNC(=O)c5ccc(N6CCOCC6)nc5)cc4)nc3ccn12. The number of morpholine rings is 1. The van der Waals surface area contributed by atoms with Crippen molar-refractivity contribution in [2.45, 2.75) is 13.5 Å². The van der Waals surface area contributed by atoms with E-state index in [0.717, 1.165) is 69.2 Å². The van der Waals surface area contributed by atoms with E-state index in [-0.39, 0.29) is 5.91 Å². The molecule has 0 bridgehead atoms. The van der Waals surface area contributed by atoms with E-state index in [4.69, 9.17) is 9.72 Å². The van der Waals surface area contributed by atoms with Gasteiger partial charge >= 0.3 is 0 Å². The minimum absolute atomic E-state index is 0.155. The fourth-order valence-electron chi connectivity index (χ4n) is 5.33. The van der Waals surface area contributed by atoms with Crippen LogP contribution in [0.2, 0.25) is 0 Å². The van der Waals surface area contributed by atoms with Crippen LogP contribution in [0.25, 0.3) is 38.9 Å². The number of carbonyl (C=O) groups excluding carboxylic acids is 1. The van der Waals surface area contributed by atoms with Gasteiger partial charge in [-0.05, 0) is 42.3 Å². The smallest absolute Gasteiger partial charge is 0.253 e. The number of pyridine rings is 3. The number of hydrogen-bond donors (Lipinski definition) is 1. The van der Waals surface area contributed by atoms with E-state index >= 15 is 0 Å². The molecule has 1 N–H and O–H groups in total. The number of nitrogens with one attached hydrogen (secondary N) is 1. The maximum absolute atomic E-state index is 12.8. The number of anilines is 1. The molecule has 7 rings (SSSR count). The monoisotopic (exact) mass is 555 g/mol. The second kappa shape index (κ2) is 11.0. The van der Waals surface area contributed by atoms with Crippen LogP contribution in [0.15, 0.2) is 91.3 Å². The normalized spacial score (nSPS) is 13.5. The number of amides is 1. The number of ether oxygens (including phenoxy) is 1. The van der Waals surface area contributed by atoms with Crippen LogP contribution in [0.4, 0.5) is 5.82 Å². The Morgan fingerprint density at radius 2 is 1.74 bits per heavy atom. The molecule has 0 aliphatic carbocycles. The molecule has 0 atom stereocenters. The molecule has 0 spiro atoms. The summed E-state index contributed by atoms with van der Waals surface area (Å²) in [5, 5.41) is 12.6. The first kappa shape index (κ1) is 25.8. The third-order valence-corrected chi connectivity index (χ3v) is 7.65. The molecular formula is C33H29N7O2. The van der Waals surface area contributed by atoms with Gasteiger partial charge in [-0.15, -0.1) is 10.2 Å². The summed E-state index contributed by atoms with van der Waals surface area (Å²) in [5.41, 5.74) is 7.15. The largest absolute Gasteiger partial charge is 0.378 e. The van der Waals surface area contributed by atoms with Crippen LogP contribution in [0.3, 0.4) is 0 Å². The Kier molecular flexibility index (Phi) is 6.77. The third-order valence-electron chi connectivity index (χ3n) is 7.65. The van der Waals surface area contributed by atoms with Crippen molar-refractivity contribution in [3.05, 3.63) is 108 Å². The summed E-state index contributed by atoms with van der Waals surface area (Å²) in [6, 6.07) is 26.3. The van der Waals surface area contributed by atoms with Crippen LogP contribution in [0.1, 0.15) is 21.7 Å². The summed E-state index contributed by atoms with van der Waals surface area (Å²) < 4.78 is 7.39. The summed E-state index contributed by atoms with van der Waals surface area (Å²) in [5.74, 6) is 1.54. The van der Waals surface area contributed by atoms with Crippen molar-refractivity contribution < 1.29 is 9.53 Å². The van der Waals surface area contributed by atoms with Crippen molar-refractivity contribution in [2.75, 3.05) is 31.2 Å². The van der Waals surface area contributed by atoms with Crippen molar-refractivity contribution >= 4 is 28.3 Å². The van der Waals surface area contributed by atoms with E-state index in [1.54, 1.807) is 6.20 Å². The van der Waals surface area contributed by atoms with Crippen LogP contribution in [-0.4, -0.2) is 56.8 Å². The minimum Gasteiger partial charge on any atom is -0.378 e.